The van der Waals surface area contributed by atoms with Crippen molar-refractivity contribution in [3.63, 3.8) is 0 Å². The average Bonchev–Trinajstić information content (AvgIpc) is 2.15. The van der Waals surface area contributed by atoms with Gasteiger partial charge in [0.2, 0.25) is 0 Å². The Morgan fingerprint density at radius 3 is 2.38 bits per heavy atom. The second kappa shape index (κ2) is 5.26. The first-order valence-electron chi connectivity index (χ1n) is 5.61. The molecule has 0 amide bonds. The molecule has 0 N–H and O–H groups in total. The van der Waals surface area contributed by atoms with Gasteiger partial charge < -0.3 is 0 Å². The van der Waals surface area contributed by atoms with Gasteiger partial charge in [-0.3, -0.25) is 0 Å². The van der Waals surface area contributed by atoms with Crippen LogP contribution in [0.5, 0.6) is 0 Å². The van der Waals surface area contributed by atoms with E-state index in [1.165, 1.54) is 37.7 Å². The molecular weight excluding hydrogens is 156 g/mol. The van der Waals surface area contributed by atoms with Crippen molar-refractivity contribution in [3.8, 4) is 0 Å². The zero-order valence-corrected chi connectivity index (χ0v) is 9.10. The second-order valence-electron chi connectivity index (χ2n) is 4.18. The molecule has 1 rings (SSSR count). The van der Waals surface area contributed by atoms with Crippen molar-refractivity contribution >= 4 is 0 Å². The molecule has 0 heterocycles. The van der Waals surface area contributed by atoms with Gasteiger partial charge in [0.15, 0.2) is 0 Å². The summed E-state index contributed by atoms with van der Waals surface area (Å²) in [5, 5.41) is 0. The van der Waals surface area contributed by atoms with Gasteiger partial charge in [-0.25, -0.2) is 0 Å². The number of rotatable bonds is 3. The quantitative estimate of drug-likeness (QED) is 0.559. The fourth-order valence-electron chi connectivity index (χ4n) is 2.32. The van der Waals surface area contributed by atoms with Crippen LogP contribution in [0.2, 0.25) is 0 Å². The molecule has 0 spiro atoms. The minimum atomic E-state index is 0.825. The third-order valence-electron chi connectivity index (χ3n) is 2.96. The molecule has 13 heavy (non-hydrogen) atoms. The Labute approximate surface area is 82.7 Å². The van der Waals surface area contributed by atoms with E-state index < -0.39 is 0 Å². The minimum Gasteiger partial charge on any atom is -0.0958 e. The van der Waals surface area contributed by atoms with Gasteiger partial charge in [-0.1, -0.05) is 44.4 Å². The molecule has 74 valence electrons. The molecule has 0 unspecified atom stereocenters. The average molecular weight is 178 g/mol. The summed E-state index contributed by atoms with van der Waals surface area (Å²) in [5.74, 6) is 0.825. The fraction of sp³-hybridized carbons (Fsp3) is 0.692. The monoisotopic (exact) mass is 178 g/mol. The summed E-state index contributed by atoms with van der Waals surface area (Å²) in [5.41, 5.74) is 2.83. The fourth-order valence-corrected chi connectivity index (χ4v) is 2.32. The highest BCUT2D eigenvalue weighted by Crippen LogP contribution is 2.32. The summed E-state index contributed by atoms with van der Waals surface area (Å²) in [4.78, 5) is 0. The van der Waals surface area contributed by atoms with E-state index in [4.69, 9.17) is 0 Å². The van der Waals surface area contributed by atoms with E-state index in [1.807, 2.05) is 0 Å². The number of hydrogen-bond donors (Lipinski definition) is 0. The van der Waals surface area contributed by atoms with Gasteiger partial charge in [0.25, 0.3) is 0 Å². The highest BCUT2D eigenvalue weighted by atomic mass is 14.2. The molecule has 1 saturated carbocycles. The first-order valence-corrected chi connectivity index (χ1v) is 5.61. The van der Waals surface area contributed by atoms with E-state index in [0.29, 0.717) is 0 Å². The van der Waals surface area contributed by atoms with Crippen molar-refractivity contribution < 1.29 is 0 Å². The Bertz CT molecular complexity index is 192. The Balaban J connectivity index is 2.63. The predicted octanol–water partition coefficient (Wildman–Crippen LogP) is 4.48. The van der Waals surface area contributed by atoms with Crippen LogP contribution in [0.3, 0.4) is 0 Å². The normalized spacial score (nSPS) is 20.3. The van der Waals surface area contributed by atoms with Gasteiger partial charge in [0.05, 0.1) is 0 Å². The van der Waals surface area contributed by atoms with Crippen LogP contribution >= 0.6 is 0 Å². The lowest BCUT2D eigenvalue weighted by Gasteiger charge is -2.24. The van der Waals surface area contributed by atoms with Crippen LogP contribution in [0, 0.1) is 5.92 Å². The Morgan fingerprint density at radius 2 is 1.92 bits per heavy atom. The van der Waals surface area contributed by atoms with Gasteiger partial charge in [-0.05, 0) is 37.7 Å². The van der Waals surface area contributed by atoms with Crippen molar-refractivity contribution in [1.29, 1.82) is 0 Å². The first kappa shape index (κ1) is 10.6. The molecule has 1 aliphatic carbocycles. The molecule has 0 aromatic heterocycles. The molecule has 1 fully saturated rings. The second-order valence-corrected chi connectivity index (χ2v) is 4.18. The van der Waals surface area contributed by atoms with Crippen LogP contribution in [0.15, 0.2) is 23.8 Å². The highest BCUT2D eigenvalue weighted by Gasteiger charge is 2.17. The Kier molecular flexibility index (Phi) is 4.27. The zero-order chi connectivity index (χ0) is 9.68. The van der Waals surface area contributed by atoms with Crippen LogP contribution in [0.1, 0.15) is 52.4 Å². The summed E-state index contributed by atoms with van der Waals surface area (Å²) in [7, 11) is 0. The van der Waals surface area contributed by atoms with Crippen molar-refractivity contribution in [2.24, 2.45) is 5.92 Å². The molecular formula is C13H22. The molecule has 1 aliphatic rings. The van der Waals surface area contributed by atoms with Gasteiger partial charge in [-0.2, -0.15) is 0 Å². The van der Waals surface area contributed by atoms with Crippen molar-refractivity contribution in [1.82, 2.24) is 0 Å². The van der Waals surface area contributed by atoms with E-state index in [-0.39, 0.29) is 0 Å². The molecule has 0 aromatic rings. The Morgan fingerprint density at radius 1 is 1.31 bits per heavy atom. The maximum atomic E-state index is 4.08. The molecule has 0 saturated heterocycles. The molecule has 0 atom stereocenters. The molecule has 0 aromatic carbocycles. The zero-order valence-electron chi connectivity index (χ0n) is 9.10. The van der Waals surface area contributed by atoms with Crippen LogP contribution < -0.4 is 0 Å². The summed E-state index contributed by atoms with van der Waals surface area (Å²) in [6.45, 7) is 8.44. The summed E-state index contributed by atoms with van der Waals surface area (Å²) in [6.07, 6.45) is 10.6. The van der Waals surface area contributed by atoms with Gasteiger partial charge in [0, 0.05) is 0 Å². The number of hydrogen-bond acceptors (Lipinski definition) is 0. The lowest BCUT2D eigenvalue weighted by molar-refractivity contribution is 0.405. The molecule has 0 nitrogen and oxygen atoms in total. The lowest BCUT2D eigenvalue weighted by Crippen LogP contribution is -2.09. The van der Waals surface area contributed by atoms with E-state index in [9.17, 15) is 0 Å². The van der Waals surface area contributed by atoms with E-state index in [2.05, 4.69) is 26.5 Å². The van der Waals surface area contributed by atoms with E-state index in [1.54, 1.807) is 5.57 Å². The highest BCUT2D eigenvalue weighted by molar-refractivity contribution is 5.28. The summed E-state index contributed by atoms with van der Waals surface area (Å²) < 4.78 is 0. The van der Waals surface area contributed by atoms with Crippen LogP contribution in [0.4, 0.5) is 0 Å². The summed E-state index contributed by atoms with van der Waals surface area (Å²) >= 11 is 0. The van der Waals surface area contributed by atoms with Crippen LogP contribution in [0.25, 0.3) is 0 Å². The van der Waals surface area contributed by atoms with Gasteiger partial charge >= 0.3 is 0 Å². The molecule has 0 bridgehead atoms. The van der Waals surface area contributed by atoms with Gasteiger partial charge in [-0.15, -0.1) is 0 Å². The van der Waals surface area contributed by atoms with Crippen LogP contribution in [-0.4, -0.2) is 0 Å². The SMILES string of the molecule is C=C(C)C(=CCC)C1CCCCC1. The van der Waals surface area contributed by atoms with E-state index in [0.717, 1.165) is 12.3 Å². The van der Waals surface area contributed by atoms with Crippen molar-refractivity contribution in [3.05, 3.63) is 23.8 Å². The summed E-state index contributed by atoms with van der Waals surface area (Å²) in [6, 6.07) is 0. The maximum Gasteiger partial charge on any atom is -0.0163 e. The Hall–Kier alpha value is -0.520. The molecule has 0 aliphatic heterocycles. The topological polar surface area (TPSA) is 0 Å². The standard InChI is InChI=1S/C13H22/c1-4-8-13(11(2)3)12-9-6-5-7-10-12/h8,12H,2,4-7,9-10H2,1,3H3. The largest absolute Gasteiger partial charge is 0.0958 e. The lowest BCUT2D eigenvalue weighted by atomic mass is 9.81. The third kappa shape index (κ3) is 3.02. The first-order chi connectivity index (χ1) is 6.25. The smallest absolute Gasteiger partial charge is 0.0163 e. The van der Waals surface area contributed by atoms with E-state index >= 15 is 0 Å². The molecule has 0 radical (unpaired) electrons. The van der Waals surface area contributed by atoms with Gasteiger partial charge in [0.1, 0.15) is 0 Å². The van der Waals surface area contributed by atoms with Crippen molar-refractivity contribution in [2.45, 2.75) is 52.4 Å². The number of allylic oxidation sites excluding steroid dienone is 3. The van der Waals surface area contributed by atoms with Crippen molar-refractivity contribution in [2.75, 3.05) is 0 Å². The van der Waals surface area contributed by atoms with Crippen LogP contribution in [-0.2, 0) is 0 Å². The minimum absolute atomic E-state index is 0.825. The third-order valence-corrected chi connectivity index (χ3v) is 2.96. The molecule has 0 heteroatoms. The predicted molar refractivity (Wildman–Crippen MR) is 59.8 cm³/mol. The maximum absolute atomic E-state index is 4.08.